The molecule has 4 nitrogen and oxygen atoms in total. The predicted octanol–water partition coefficient (Wildman–Crippen LogP) is 5.57. The summed E-state index contributed by atoms with van der Waals surface area (Å²) in [5.41, 5.74) is 3.35. The molecule has 6 heteroatoms. The topological polar surface area (TPSA) is 46.6 Å². The zero-order chi connectivity index (χ0) is 21.2. The second kappa shape index (κ2) is 8.51. The first-order chi connectivity index (χ1) is 13.7. The Morgan fingerprint density at radius 2 is 1.72 bits per heavy atom. The molecule has 1 heterocycles. The van der Waals surface area contributed by atoms with Gasteiger partial charge in [0.2, 0.25) is 0 Å². The molecule has 0 unspecified atom stereocenters. The van der Waals surface area contributed by atoms with Gasteiger partial charge in [0.1, 0.15) is 0 Å². The van der Waals surface area contributed by atoms with E-state index in [0.717, 1.165) is 5.56 Å². The number of nitrogens with zero attached hydrogens (tertiary/aromatic N) is 1. The fourth-order valence-corrected chi connectivity index (χ4v) is 4.18. The molecule has 0 aromatic heterocycles. The number of amides is 1. The summed E-state index contributed by atoms with van der Waals surface area (Å²) in [6.07, 6.45) is 1.86. The number of esters is 1. The molecule has 150 valence electrons. The molecule has 0 saturated carbocycles. The molecule has 1 fully saturated rings. The summed E-state index contributed by atoms with van der Waals surface area (Å²) in [5, 5.41) is 0. The van der Waals surface area contributed by atoms with Gasteiger partial charge < -0.3 is 4.74 Å². The number of anilines is 1. The second-order valence-corrected chi connectivity index (χ2v) is 9.33. The molecular formula is C23H23NO3S2. The van der Waals surface area contributed by atoms with E-state index < -0.39 is 0 Å². The number of ether oxygens (including phenoxy) is 1. The number of thioether (sulfide) groups is 1. The van der Waals surface area contributed by atoms with Crippen LogP contribution >= 0.6 is 24.0 Å². The second-order valence-electron chi connectivity index (χ2n) is 7.66. The van der Waals surface area contributed by atoms with Crippen molar-refractivity contribution in [1.82, 2.24) is 0 Å². The van der Waals surface area contributed by atoms with E-state index in [0.29, 0.717) is 27.1 Å². The number of carbonyl (C=O) groups is 2. The highest BCUT2D eigenvalue weighted by molar-refractivity contribution is 8.27. The molecule has 1 aliphatic heterocycles. The summed E-state index contributed by atoms with van der Waals surface area (Å²) in [5.74, 6) is -0.549. The fourth-order valence-electron chi connectivity index (χ4n) is 2.88. The maximum absolute atomic E-state index is 12.9. The van der Waals surface area contributed by atoms with E-state index in [1.54, 1.807) is 31.2 Å². The molecule has 1 aliphatic rings. The van der Waals surface area contributed by atoms with Crippen molar-refractivity contribution in [2.45, 2.75) is 33.1 Å². The Morgan fingerprint density at radius 3 is 2.28 bits per heavy atom. The average Bonchev–Trinajstić information content (AvgIpc) is 2.95. The minimum atomic E-state index is -0.386. The number of benzene rings is 2. The Hall–Kier alpha value is -2.44. The summed E-state index contributed by atoms with van der Waals surface area (Å²) in [6, 6.07) is 14.9. The molecule has 2 aromatic rings. The largest absolute Gasteiger partial charge is 0.462 e. The van der Waals surface area contributed by atoms with Crippen molar-refractivity contribution in [2.75, 3.05) is 11.5 Å². The van der Waals surface area contributed by atoms with Crippen molar-refractivity contribution in [2.24, 2.45) is 0 Å². The van der Waals surface area contributed by atoms with E-state index >= 15 is 0 Å². The third kappa shape index (κ3) is 4.77. The summed E-state index contributed by atoms with van der Waals surface area (Å²) >= 11 is 6.70. The lowest BCUT2D eigenvalue weighted by molar-refractivity contribution is -0.113. The molecule has 0 aliphatic carbocycles. The molecule has 1 amide bonds. The van der Waals surface area contributed by atoms with Gasteiger partial charge in [0, 0.05) is 0 Å². The molecule has 2 aromatic carbocycles. The molecule has 0 spiro atoms. The summed E-state index contributed by atoms with van der Waals surface area (Å²) in [4.78, 5) is 26.8. The van der Waals surface area contributed by atoms with Gasteiger partial charge in [-0.2, -0.15) is 0 Å². The SMILES string of the molecule is CCOC(=O)c1ccc(N2C(=O)C(=Cc3ccc(C(C)(C)C)cc3)SC2=S)cc1. The summed E-state index contributed by atoms with van der Waals surface area (Å²) < 4.78 is 5.46. The van der Waals surface area contributed by atoms with Gasteiger partial charge in [-0.1, -0.05) is 69.0 Å². The van der Waals surface area contributed by atoms with Crippen molar-refractivity contribution >= 4 is 51.9 Å². The Morgan fingerprint density at radius 1 is 1.10 bits per heavy atom. The quantitative estimate of drug-likeness (QED) is 0.364. The molecule has 0 N–H and O–H groups in total. The fraction of sp³-hybridized carbons (Fsp3) is 0.261. The van der Waals surface area contributed by atoms with Crippen LogP contribution in [0.25, 0.3) is 6.08 Å². The Balaban J connectivity index is 1.81. The van der Waals surface area contributed by atoms with Crippen molar-refractivity contribution < 1.29 is 14.3 Å². The van der Waals surface area contributed by atoms with E-state index in [9.17, 15) is 9.59 Å². The highest BCUT2D eigenvalue weighted by atomic mass is 32.2. The lowest BCUT2D eigenvalue weighted by Gasteiger charge is -2.18. The average molecular weight is 426 g/mol. The van der Waals surface area contributed by atoms with Gasteiger partial charge in [0.15, 0.2) is 4.32 Å². The number of carbonyl (C=O) groups excluding carboxylic acids is 2. The Labute approximate surface area is 180 Å². The van der Waals surface area contributed by atoms with Crippen LogP contribution in [-0.2, 0) is 14.9 Å². The van der Waals surface area contributed by atoms with Gasteiger partial charge in [0.05, 0.1) is 22.8 Å². The van der Waals surface area contributed by atoms with Crippen molar-refractivity contribution in [1.29, 1.82) is 0 Å². The summed E-state index contributed by atoms with van der Waals surface area (Å²) in [6.45, 7) is 8.58. The third-order valence-corrected chi connectivity index (χ3v) is 5.81. The standard InChI is InChI=1S/C23H23NO3S2/c1-5-27-21(26)16-8-12-18(13-9-16)24-20(25)19(29-22(24)28)14-15-6-10-17(11-7-15)23(2,3)4/h6-14H,5H2,1-4H3. The molecule has 29 heavy (non-hydrogen) atoms. The van der Waals surface area contributed by atoms with Gasteiger partial charge in [-0.05, 0) is 53.8 Å². The van der Waals surface area contributed by atoms with Crippen LogP contribution < -0.4 is 4.90 Å². The Kier molecular flexibility index (Phi) is 6.24. The zero-order valence-electron chi connectivity index (χ0n) is 16.9. The molecule has 1 saturated heterocycles. The first-order valence-electron chi connectivity index (χ1n) is 9.36. The van der Waals surface area contributed by atoms with Gasteiger partial charge in [-0.15, -0.1) is 0 Å². The van der Waals surface area contributed by atoms with Crippen LogP contribution in [-0.4, -0.2) is 22.8 Å². The Bertz CT molecular complexity index is 971. The molecular weight excluding hydrogens is 402 g/mol. The maximum atomic E-state index is 12.9. The highest BCUT2D eigenvalue weighted by Gasteiger charge is 2.33. The number of hydrogen-bond acceptors (Lipinski definition) is 5. The van der Waals surface area contributed by atoms with Crippen LogP contribution in [0.3, 0.4) is 0 Å². The lowest BCUT2D eigenvalue weighted by Crippen LogP contribution is -2.27. The van der Waals surface area contributed by atoms with E-state index in [1.165, 1.54) is 22.2 Å². The lowest BCUT2D eigenvalue weighted by atomic mass is 9.87. The van der Waals surface area contributed by atoms with Crippen LogP contribution in [0.15, 0.2) is 53.4 Å². The minimum Gasteiger partial charge on any atom is -0.462 e. The van der Waals surface area contributed by atoms with E-state index in [-0.39, 0.29) is 17.3 Å². The van der Waals surface area contributed by atoms with Crippen molar-refractivity contribution in [3.8, 4) is 0 Å². The highest BCUT2D eigenvalue weighted by Crippen LogP contribution is 2.36. The smallest absolute Gasteiger partial charge is 0.338 e. The van der Waals surface area contributed by atoms with Gasteiger partial charge >= 0.3 is 5.97 Å². The molecule has 0 bridgehead atoms. The van der Waals surface area contributed by atoms with Gasteiger partial charge in [-0.3, -0.25) is 9.69 Å². The normalized spacial score (nSPS) is 15.9. The maximum Gasteiger partial charge on any atom is 0.338 e. The van der Waals surface area contributed by atoms with Crippen LogP contribution in [0, 0.1) is 0 Å². The van der Waals surface area contributed by atoms with Crippen LogP contribution in [0.4, 0.5) is 5.69 Å². The predicted molar refractivity (Wildman–Crippen MR) is 123 cm³/mol. The molecule has 3 rings (SSSR count). The molecule has 0 atom stereocenters. The van der Waals surface area contributed by atoms with E-state index in [1.807, 2.05) is 18.2 Å². The van der Waals surface area contributed by atoms with Crippen LogP contribution in [0.5, 0.6) is 0 Å². The van der Waals surface area contributed by atoms with Crippen molar-refractivity contribution in [3.05, 3.63) is 70.1 Å². The minimum absolute atomic E-state index is 0.0810. The number of hydrogen-bond donors (Lipinski definition) is 0. The van der Waals surface area contributed by atoms with Gasteiger partial charge in [-0.25, -0.2) is 4.79 Å². The molecule has 0 radical (unpaired) electrons. The number of rotatable bonds is 4. The number of thiocarbonyl (C=S) groups is 1. The van der Waals surface area contributed by atoms with Gasteiger partial charge in [0.25, 0.3) is 5.91 Å². The van der Waals surface area contributed by atoms with Crippen LogP contribution in [0.2, 0.25) is 0 Å². The van der Waals surface area contributed by atoms with E-state index in [2.05, 4.69) is 32.9 Å². The monoisotopic (exact) mass is 425 g/mol. The first kappa shape index (κ1) is 21.3. The van der Waals surface area contributed by atoms with Crippen LogP contribution in [0.1, 0.15) is 49.2 Å². The van der Waals surface area contributed by atoms with E-state index in [4.69, 9.17) is 17.0 Å². The summed E-state index contributed by atoms with van der Waals surface area (Å²) in [7, 11) is 0. The van der Waals surface area contributed by atoms with Crippen molar-refractivity contribution in [3.63, 3.8) is 0 Å². The first-order valence-corrected chi connectivity index (χ1v) is 10.6. The zero-order valence-corrected chi connectivity index (χ0v) is 18.5. The third-order valence-electron chi connectivity index (χ3n) is 4.50.